The van der Waals surface area contributed by atoms with Gasteiger partial charge >= 0.3 is 12.0 Å². The lowest BCUT2D eigenvalue weighted by atomic mass is 9.99. The zero-order chi connectivity index (χ0) is 41.0. The van der Waals surface area contributed by atoms with Crippen molar-refractivity contribution in [1.82, 2.24) is 30.7 Å². The maximum Gasteiger partial charge on any atom is 0.329 e. The Morgan fingerprint density at radius 2 is 1.53 bits per heavy atom. The summed E-state index contributed by atoms with van der Waals surface area (Å²) in [6, 6.07) is 3.32. The van der Waals surface area contributed by atoms with Crippen LogP contribution in [0.25, 0.3) is 0 Å². The molecule has 6 rings (SSSR count). The Balaban J connectivity index is 1.32. The number of rotatable bonds is 6. The second-order valence-corrected chi connectivity index (χ2v) is 15.7. The topological polar surface area (TPSA) is 187 Å². The smallest absolute Gasteiger partial charge is 0.329 e. The zero-order valence-corrected chi connectivity index (χ0v) is 33.0. The third-order valence-corrected chi connectivity index (χ3v) is 11.3. The molecule has 2 aromatic carbocycles. The second-order valence-electron chi connectivity index (χ2n) is 15.2. The number of nitrogens with one attached hydrogen (secondary N) is 4. The number of fused-ring (bicyclic) bond motifs is 3. The lowest BCUT2D eigenvalue weighted by Crippen LogP contribution is -2.63. The van der Waals surface area contributed by atoms with Gasteiger partial charge in [0.05, 0.1) is 5.69 Å². The molecule has 17 heteroatoms. The predicted octanol–water partition coefficient (Wildman–Crippen LogP) is 2.82. The number of hydrogen-bond donors (Lipinski definition) is 4. The molecular weight excluding hydrogens is 761 g/mol. The van der Waals surface area contributed by atoms with Crippen LogP contribution >= 0.6 is 11.6 Å². The number of urea groups is 1. The molecule has 4 heterocycles. The van der Waals surface area contributed by atoms with Gasteiger partial charge in [0.2, 0.25) is 29.5 Å². The Kier molecular flexibility index (Phi) is 13.0. The van der Waals surface area contributed by atoms with Gasteiger partial charge in [-0.1, -0.05) is 41.4 Å². The fourth-order valence-corrected chi connectivity index (χ4v) is 8.33. The summed E-state index contributed by atoms with van der Waals surface area (Å²) in [4.78, 5) is 102. The number of ether oxygens (including phenoxy) is 1. The third kappa shape index (κ3) is 9.49. The lowest BCUT2D eigenvalue weighted by Gasteiger charge is -2.39. The summed E-state index contributed by atoms with van der Waals surface area (Å²) in [7, 11) is 0. The molecule has 4 aliphatic heterocycles. The summed E-state index contributed by atoms with van der Waals surface area (Å²) in [5, 5.41) is 10.6. The molecule has 0 saturated carbocycles. The van der Waals surface area contributed by atoms with Crippen molar-refractivity contribution in [1.29, 1.82) is 0 Å². The van der Waals surface area contributed by atoms with Gasteiger partial charge < -0.3 is 40.7 Å². The van der Waals surface area contributed by atoms with Crippen molar-refractivity contribution in [3.05, 3.63) is 64.4 Å². The molecule has 4 saturated heterocycles. The summed E-state index contributed by atoms with van der Waals surface area (Å²) < 4.78 is 20.5. The molecule has 15 nitrogen and oxygen atoms in total. The molecule has 7 atom stereocenters. The third-order valence-electron chi connectivity index (χ3n) is 11.1. The molecule has 2 aromatic rings. The number of nitrogens with zero attached hydrogens (tertiary/aromatic N) is 3. The van der Waals surface area contributed by atoms with E-state index in [4.69, 9.17) is 16.3 Å². The summed E-state index contributed by atoms with van der Waals surface area (Å²) in [5.41, 5.74) is 1.37. The largest absolute Gasteiger partial charge is 0.458 e. The van der Waals surface area contributed by atoms with Crippen LogP contribution in [0.5, 0.6) is 0 Å². The highest BCUT2D eigenvalue weighted by atomic mass is 35.5. The number of hydrogen-bond acceptors (Lipinski definition) is 8. The van der Waals surface area contributed by atoms with Crippen LogP contribution in [0.1, 0.15) is 69.9 Å². The van der Waals surface area contributed by atoms with E-state index < -0.39 is 89.7 Å². The van der Waals surface area contributed by atoms with E-state index in [9.17, 15) is 38.0 Å². The summed E-state index contributed by atoms with van der Waals surface area (Å²) in [6.07, 6.45) is 1.92. The van der Waals surface area contributed by atoms with Crippen LogP contribution in [-0.2, 0) is 39.9 Å². The van der Waals surface area contributed by atoms with Gasteiger partial charge in [-0.2, -0.15) is 0 Å². The van der Waals surface area contributed by atoms with Crippen LogP contribution in [0.3, 0.4) is 0 Å². The van der Waals surface area contributed by atoms with Crippen molar-refractivity contribution in [2.45, 2.75) is 114 Å². The number of amides is 7. The van der Waals surface area contributed by atoms with Crippen LogP contribution in [0.4, 0.5) is 14.9 Å². The van der Waals surface area contributed by atoms with Crippen molar-refractivity contribution in [3.63, 3.8) is 0 Å². The van der Waals surface area contributed by atoms with Crippen LogP contribution in [0.2, 0.25) is 5.02 Å². The van der Waals surface area contributed by atoms with E-state index in [0.29, 0.717) is 44.1 Å². The minimum absolute atomic E-state index is 0.0420. The first-order valence-corrected chi connectivity index (χ1v) is 19.9. The number of carbonyl (C=O) groups excluding carboxylic acids is 7. The first-order valence-electron chi connectivity index (χ1n) is 19.5. The van der Waals surface area contributed by atoms with E-state index in [1.54, 1.807) is 12.1 Å². The molecule has 4 fully saturated rings. The molecular formula is C40H49ClFN7O8. The number of esters is 1. The van der Waals surface area contributed by atoms with Crippen LogP contribution in [0, 0.1) is 12.7 Å². The zero-order valence-electron chi connectivity index (χ0n) is 32.2. The second kappa shape index (κ2) is 17.9. The number of halogens is 2. The summed E-state index contributed by atoms with van der Waals surface area (Å²) in [6.45, 7) is 5.54. The standard InChI is InChI=1S/C40H49ClFN7O8/c1-22-9-6-10-25(19-22)20-29(45-40(56)44-28-15-14-26(41)21-27(28)42)34(50)46-33-24(3)57-39(55)32-13-8-18-49(32)36(52)23(2)43-35(51)30-11-4-5-16-47(30)37(53)31-12-7-17-48(31)38(33)54/h6,9-10,14-15,19,21,23-24,29-33H,4-5,7-8,11-13,16-18,20H2,1-3H3,(H,43,51)(H,46,50)(H2,44,45,56)/t23-,24-,29-,30-,31-,32-,33-/m0/s1. The Bertz CT molecular complexity index is 1920. The maximum atomic E-state index is 14.7. The Morgan fingerprint density at radius 1 is 0.860 bits per heavy atom. The molecule has 0 radical (unpaired) electrons. The average Bonchev–Trinajstić information content (AvgIpc) is 3.88. The molecule has 4 aliphatic rings. The van der Waals surface area contributed by atoms with Crippen molar-refractivity contribution in [2.24, 2.45) is 0 Å². The first-order chi connectivity index (χ1) is 27.2. The normalized spacial score (nSPS) is 26.5. The van der Waals surface area contributed by atoms with Crippen molar-refractivity contribution in [3.8, 4) is 0 Å². The molecule has 306 valence electrons. The van der Waals surface area contributed by atoms with Crippen LogP contribution in [0.15, 0.2) is 42.5 Å². The number of piperidine rings is 1. The molecule has 0 unspecified atom stereocenters. The molecule has 0 aliphatic carbocycles. The summed E-state index contributed by atoms with van der Waals surface area (Å²) in [5.74, 6) is -4.50. The van der Waals surface area contributed by atoms with E-state index in [1.807, 2.05) is 19.1 Å². The average molecular weight is 810 g/mol. The van der Waals surface area contributed by atoms with Gasteiger partial charge in [-0.15, -0.1) is 0 Å². The monoisotopic (exact) mass is 809 g/mol. The Labute approximate surface area is 335 Å². The molecule has 0 bridgehead atoms. The van der Waals surface area contributed by atoms with Crippen LogP contribution < -0.4 is 21.3 Å². The van der Waals surface area contributed by atoms with Crippen molar-refractivity contribution in [2.75, 3.05) is 25.0 Å². The summed E-state index contributed by atoms with van der Waals surface area (Å²) >= 11 is 5.87. The highest BCUT2D eigenvalue weighted by Gasteiger charge is 2.46. The molecule has 7 amide bonds. The predicted molar refractivity (Wildman–Crippen MR) is 206 cm³/mol. The minimum Gasteiger partial charge on any atom is -0.458 e. The van der Waals surface area contributed by atoms with Gasteiger partial charge in [-0.25, -0.2) is 14.0 Å². The fourth-order valence-electron chi connectivity index (χ4n) is 8.18. The van der Waals surface area contributed by atoms with Gasteiger partial charge in [0, 0.05) is 31.1 Å². The van der Waals surface area contributed by atoms with E-state index in [0.717, 1.165) is 11.6 Å². The van der Waals surface area contributed by atoms with E-state index in [2.05, 4.69) is 21.3 Å². The highest BCUT2D eigenvalue weighted by molar-refractivity contribution is 6.30. The Morgan fingerprint density at radius 3 is 2.25 bits per heavy atom. The quantitative estimate of drug-likeness (QED) is 0.321. The fraction of sp³-hybridized carbons (Fsp3) is 0.525. The number of benzene rings is 2. The number of cyclic esters (lactones) is 1. The minimum atomic E-state index is -1.54. The van der Waals surface area contributed by atoms with Gasteiger partial charge in [0.1, 0.15) is 48.2 Å². The van der Waals surface area contributed by atoms with Gasteiger partial charge in [0.25, 0.3) is 0 Å². The molecule has 57 heavy (non-hydrogen) atoms. The van der Waals surface area contributed by atoms with E-state index in [1.165, 1.54) is 40.7 Å². The SMILES string of the molecule is Cc1cccc(C[C@H](NC(=O)Nc2ccc(Cl)cc2F)C(=O)N[C@@H]2C(=O)N3CCC[C@H]3C(=O)N3CCCC[C@H]3C(=O)N[C@@H](C)C(=O)N3CCC[C@H]3C(=O)O[C@H]2C)c1. The first kappa shape index (κ1) is 41.4. The van der Waals surface area contributed by atoms with E-state index in [-0.39, 0.29) is 43.2 Å². The molecule has 0 spiro atoms. The van der Waals surface area contributed by atoms with E-state index >= 15 is 0 Å². The maximum absolute atomic E-state index is 14.7. The Hall–Kier alpha value is -5.25. The van der Waals surface area contributed by atoms with Crippen molar-refractivity contribution < 1.29 is 42.7 Å². The number of anilines is 1. The number of aryl methyl sites for hydroxylation is 1. The van der Waals surface area contributed by atoms with Gasteiger partial charge in [0.15, 0.2) is 0 Å². The molecule has 0 aromatic heterocycles. The number of carbonyl (C=O) groups is 7. The van der Waals surface area contributed by atoms with Crippen molar-refractivity contribution >= 4 is 58.8 Å². The lowest BCUT2D eigenvalue weighted by molar-refractivity contribution is -0.163. The molecule has 4 N–H and O–H groups in total. The highest BCUT2D eigenvalue weighted by Crippen LogP contribution is 2.28. The van der Waals surface area contributed by atoms with Gasteiger partial charge in [-0.05, 0) is 89.5 Å². The van der Waals surface area contributed by atoms with Gasteiger partial charge in [-0.3, -0.25) is 24.0 Å². The van der Waals surface area contributed by atoms with Crippen LogP contribution in [-0.4, -0.2) is 118 Å².